The third kappa shape index (κ3) is 4.51. The predicted molar refractivity (Wildman–Crippen MR) is 119 cm³/mol. The van der Waals surface area contributed by atoms with Crippen LogP contribution in [0.1, 0.15) is 52.4 Å². The van der Waals surface area contributed by atoms with Crippen LogP contribution in [0.15, 0.2) is 29.2 Å². The molecule has 0 aliphatic heterocycles. The number of likely N-dealkylation sites (N-methyl/N-ethyl adjacent to an activating group) is 1. The van der Waals surface area contributed by atoms with Crippen molar-refractivity contribution in [1.82, 2.24) is 9.62 Å². The number of rotatable bonds is 7. The van der Waals surface area contributed by atoms with Crippen molar-refractivity contribution in [3.63, 3.8) is 0 Å². The molecule has 2 amide bonds. The molecular weight excluding hydrogens is 414 g/mol. The average Bonchev–Trinajstić information content (AvgIpc) is 2.66. The first kappa shape index (κ1) is 22.3. The van der Waals surface area contributed by atoms with E-state index in [0.29, 0.717) is 5.69 Å². The molecule has 8 heteroatoms. The van der Waals surface area contributed by atoms with Crippen LogP contribution in [0.25, 0.3) is 0 Å². The molecule has 0 radical (unpaired) electrons. The van der Waals surface area contributed by atoms with Gasteiger partial charge in [0.05, 0.1) is 11.4 Å². The molecule has 1 aromatic carbocycles. The van der Waals surface area contributed by atoms with Crippen molar-refractivity contribution in [2.75, 3.05) is 18.9 Å². The molecule has 5 rings (SSSR count). The van der Waals surface area contributed by atoms with Gasteiger partial charge in [0, 0.05) is 25.7 Å². The molecule has 1 aromatic rings. The maximum Gasteiger partial charge on any atom is 0.243 e. The van der Waals surface area contributed by atoms with Crippen LogP contribution in [0.4, 0.5) is 5.69 Å². The Hall–Kier alpha value is -1.93. The number of nitrogens with zero attached hydrogens (tertiary/aromatic N) is 1. The summed E-state index contributed by atoms with van der Waals surface area (Å²) in [4.78, 5) is 24.0. The first-order valence-corrected chi connectivity index (χ1v) is 12.6. The molecule has 1 atom stereocenters. The van der Waals surface area contributed by atoms with E-state index >= 15 is 0 Å². The zero-order valence-corrected chi connectivity index (χ0v) is 19.4. The van der Waals surface area contributed by atoms with E-state index in [-0.39, 0.29) is 34.7 Å². The van der Waals surface area contributed by atoms with E-state index < -0.39 is 10.0 Å². The summed E-state index contributed by atoms with van der Waals surface area (Å²) < 4.78 is 26.8. The molecule has 7 nitrogen and oxygen atoms in total. The Morgan fingerprint density at radius 1 is 1.06 bits per heavy atom. The number of carbonyl (C=O) groups excluding carboxylic acids is 2. The van der Waals surface area contributed by atoms with Crippen LogP contribution in [0, 0.1) is 23.2 Å². The summed E-state index contributed by atoms with van der Waals surface area (Å²) in [5, 5.41) is 5.74. The second kappa shape index (κ2) is 8.20. The third-order valence-electron chi connectivity index (χ3n) is 7.63. The average molecular weight is 448 g/mol. The highest BCUT2D eigenvalue weighted by Crippen LogP contribution is 2.61. The van der Waals surface area contributed by atoms with Crippen molar-refractivity contribution in [2.45, 2.75) is 63.3 Å². The summed E-state index contributed by atoms with van der Waals surface area (Å²) in [5.74, 6) is 1.92. The minimum Gasteiger partial charge on any atom is -0.352 e. The van der Waals surface area contributed by atoms with Gasteiger partial charge in [0.2, 0.25) is 21.8 Å². The Labute approximate surface area is 185 Å². The number of amides is 2. The zero-order valence-electron chi connectivity index (χ0n) is 18.6. The number of anilines is 1. The lowest BCUT2D eigenvalue weighted by atomic mass is 9.48. The standard InChI is InChI=1S/C23H33N3O4S/c1-15(23-11-17-8-18(12-23)10-19(9-17)13-23)24-22(28)14-26(3)31(29,30)21-6-4-20(5-7-21)25-16(2)27/h4-7,15,17-19H,8-14H2,1-3H3,(H,24,28)(H,25,27)/t15-,17?,18?,19?,23?/m0/s1. The zero-order chi connectivity index (χ0) is 22.4. The van der Waals surface area contributed by atoms with Crippen molar-refractivity contribution in [2.24, 2.45) is 23.2 Å². The number of sulfonamides is 1. The van der Waals surface area contributed by atoms with Crippen LogP contribution >= 0.6 is 0 Å². The highest BCUT2D eigenvalue weighted by Gasteiger charge is 2.53. The van der Waals surface area contributed by atoms with Gasteiger partial charge in [-0.25, -0.2) is 8.42 Å². The van der Waals surface area contributed by atoms with Gasteiger partial charge in [0.25, 0.3) is 0 Å². The fourth-order valence-corrected chi connectivity index (χ4v) is 7.66. The quantitative estimate of drug-likeness (QED) is 0.672. The minimum absolute atomic E-state index is 0.0569. The summed E-state index contributed by atoms with van der Waals surface area (Å²) in [6, 6.07) is 6.01. The number of carbonyl (C=O) groups is 2. The van der Waals surface area contributed by atoms with Gasteiger partial charge >= 0.3 is 0 Å². The predicted octanol–water partition coefficient (Wildman–Crippen LogP) is 2.99. The SMILES string of the molecule is CC(=O)Nc1ccc(S(=O)(=O)N(C)CC(=O)N[C@@H](C)C23CC4CC(CC(C4)C2)C3)cc1. The molecule has 4 bridgehead atoms. The van der Waals surface area contributed by atoms with E-state index in [1.165, 1.54) is 76.8 Å². The van der Waals surface area contributed by atoms with Crippen molar-refractivity contribution in [1.29, 1.82) is 0 Å². The highest BCUT2D eigenvalue weighted by atomic mass is 32.2. The van der Waals surface area contributed by atoms with Gasteiger partial charge in [0.1, 0.15) is 0 Å². The summed E-state index contributed by atoms with van der Waals surface area (Å²) in [6.07, 6.45) is 7.62. The van der Waals surface area contributed by atoms with E-state index in [0.717, 1.165) is 22.1 Å². The number of hydrogen-bond donors (Lipinski definition) is 2. The van der Waals surface area contributed by atoms with Crippen LogP contribution in [-0.2, 0) is 19.6 Å². The van der Waals surface area contributed by atoms with E-state index in [9.17, 15) is 18.0 Å². The summed E-state index contributed by atoms with van der Waals surface area (Å²) in [7, 11) is -2.38. The molecule has 2 N–H and O–H groups in total. The molecule has 0 aromatic heterocycles. The van der Waals surface area contributed by atoms with Crippen LogP contribution < -0.4 is 10.6 Å². The molecule has 4 fully saturated rings. The maximum atomic E-state index is 12.9. The Morgan fingerprint density at radius 2 is 1.58 bits per heavy atom. The van der Waals surface area contributed by atoms with Crippen LogP contribution in [0.2, 0.25) is 0 Å². The molecule has 0 heterocycles. The van der Waals surface area contributed by atoms with Gasteiger partial charge < -0.3 is 10.6 Å². The van der Waals surface area contributed by atoms with Crippen molar-refractivity contribution in [3.05, 3.63) is 24.3 Å². The lowest BCUT2D eigenvalue weighted by Gasteiger charge is -2.59. The second-order valence-electron chi connectivity index (χ2n) is 10.0. The number of hydrogen-bond acceptors (Lipinski definition) is 4. The topological polar surface area (TPSA) is 95.6 Å². The van der Waals surface area contributed by atoms with Gasteiger partial charge in [-0.1, -0.05) is 0 Å². The third-order valence-corrected chi connectivity index (χ3v) is 9.45. The molecule has 4 saturated carbocycles. The van der Waals surface area contributed by atoms with Crippen LogP contribution in [0.5, 0.6) is 0 Å². The molecule has 170 valence electrons. The molecule has 0 saturated heterocycles. The fourth-order valence-electron chi connectivity index (χ4n) is 6.53. The Kier molecular flexibility index (Phi) is 5.89. The van der Waals surface area contributed by atoms with Gasteiger partial charge in [-0.15, -0.1) is 0 Å². The van der Waals surface area contributed by atoms with E-state index in [1.807, 2.05) is 0 Å². The molecule has 4 aliphatic rings. The number of nitrogens with one attached hydrogen (secondary N) is 2. The molecule has 0 spiro atoms. The smallest absolute Gasteiger partial charge is 0.243 e. The summed E-state index contributed by atoms with van der Waals surface area (Å²) in [5.41, 5.74) is 0.706. The minimum atomic E-state index is -3.80. The molecule has 4 aliphatic carbocycles. The maximum absolute atomic E-state index is 12.9. The van der Waals surface area contributed by atoms with E-state index in [4.69, 9.17) is 0 Å². The normalized spacial score (nSPS) is 30.3. The monoisotopic (exact) mass is 447 g/mol. The Balaban J connectivity index is 1.37. The Bertz CT molecular complexity index is 922. The summed E-state index contributed by atoms with van der Waals surface area (Å²) in [6.45, 7) is 3.27. The summed E-state index contributed by atoms with van der Waals surface area (Å²) >= 11 is 0. The fraction of sp³-hybridized carbons (Fsp3) is 0.652. The van der Waals surface area contributed by atoms with Gasteiger partial charge in [-0.2, -0.15) is 4.31 Å². The lowest BCUT2D eigenvalue weighted by molar-refractivity contribution is -0.126. The number of benzene rings is 1. The van der Waals surface area contributed by atoms with E-state index in [1.54, 1.807) is 0 Å². The Morgan fingerprint density at radius 3 is 2.06 bits per heavy atom. The van der Waals surface area contributed by atoms with Gasteiger partial charge in [-0.05, 0) is 92.9 Å². The lowest BCUT2D eigenvalue weighted by Crippen LogP contribution is -2.56. The largest absolute Gasteiger partial charge is 0.352 e. The second-order valence-corrected chi connectivity index (χ2v) is 12.1. The van der Waals surface area contributed by atoms with Gasteiger partial charge in [-0.3, -0.25) is 9.59 Å². The molecular formula is C23H33N3O4S. The van der Waals surface area contributed by atoms with E-state index in [2.05, 4.69) is 17.6 Å². The van der Waals surface area contributed by atoms with Crippen LogP contribution in [0.3, 0.4) is 0 Å². The van der Waals surface area contributed by atoms with Crippen molar-refractivity contribution in [3.8, 4) is 0 Å². The molecule has 0 unspecified atom stereocenters. The highest BCUT2D eigenvalue weighted by molar-refractivity contribution is 7.89. The first-order valence-electron chi connectivity index (χ1n) is 11.2. The van der Waals surface area contributed by atoms with Crippen LogP contribution in [-0.4, -0.2) is 44.2 Å². The van der Waals surface area contributed by atoms with Crippen molar-refractivity contribution >= 4 is 27.5 Å². The first-order chi connectivity index (χ1) is 14.6. The van der Waals surface area contributed by atoms with Gasteiger partial charge in [0.15, 0.2) is 0 Å². The molecule has 31 heavy (non-hydrogen) atoms. The van der Waals surface area contributed by atoms with Crippen molar-refractivity contribution < 1.29 is 18.0 Å².